The van der Waals surface area contributed by atoms with Gasteiger partial charge >= 0.3 is 5.97 Å². The molecule has 0 saturated heterocycles. The second-order valence-corrected chi connectivity index (χ2v) is 3.52. The quantitative estimate of drug-likeness (QED) is 0.672. The average molecular weight is 266 g/mol. The molecule has 0 aliphatic heterocycles. The first-order chi connectivity index (χ1) is 9.04. The minimum atomic E-state index is -0.650. The van der Waals surface area contributed by atoms with Crippen LogP contribution in [0.1, 0.15) is 10.4 Å². The van der Waals surface area contributed by atoms with Crippen molar-refractivity contribution in [1.29, 1.82) is 0 Å². The Morgan fingerprint density at radius 3 is 2.58 bits per heavy atom. The number of para-hydroxylation sites is 1. The molecule has 0 aliphatic carbocycles. The molecule has 0 aromatic heterocycles. The summed E-state index contributed by atoms with van der Waals surface area (Å²) in [5.74, 6) is -1.50. The zero-order valence-electron chi connectivity index (χ0n) is 10.3. The Morgan fingerprint density at radius 2 is 1.95 bits per heavy atom. The molecule has 1 aromatic carbocycles. The molecule has 0 atom stereocenters. The van der Waals surface area contributed by atoms with Gasteiger partial charge in [0.2, 0.25) is 5.91 Å². The molecular formula is C12H14N2O5. The summed E-state index contributed by atoms with van der Waals surface area (Å²) >= 11 is 0. The third-order valence-electron chi connectivity index (χ3n) is 2.11. The molecule has 3 N–H and O–H groups in total. The van der Waals surface area contributed by atoms with E-state index in [1.54, 1.807) is 12.1 Å². The van der Waals surface area contributed by atoms with Crippen LogP contribution >= 0.6 is 0 Å². The molecule has 0 saturated carbocycles. The molecule has 102 valence electrons. The lowest BCUT2D eigenvalue weighted by molar-refractivity contribution is -0.126. The number of esters is 1. The fourth-order valence-electron chi connectivity index (χ4n) is 1.25. The molecule has 0 fully saturated rings. The largest absolute Gasteiger partial charge is 0.483 e. The Bertz CT molecular complexity index is 487. The van der Waals surface area contributed by atoms with Gasteiger partial charge in [-0.25, -0.2) is 4.79 Å². The first-order valence-electron chi connectivity index (χ1n) is 5.39. The van der Waals surface area contributed by atoms with Crippen LogP contribution in [0, 0.1) is 0 Å². The summed E-state index contributed by atoms with van der Waals surface area (Å²) in [4.78, 5) is 33.2. The van der Waals surface area contributed by atoms with Crippen molar-refractivity contribution >= 4 is 17.8 Å². The topological polar surface area (TPSA) is 108 Å². The van der Waals surface area contributed by atoms with Crippen LogP contribution < -0.4 is 15.8 Å². The Morgan fingerprint density at radius 1 is 1.26 bits per heavy atom. The van der Waals surface area contributed by atoms with Crippen LogP contribution in [-0.2, 0) is 14.3 Å². The molecule has 0 spiro atoms. The SMILES string of the molecule is COC(=O)c1ccccc1OCC(=O)NCC(N)=O. The highest BCUT2D eigenvalue weighted by Crippen LogP contribution is 2.18. The van der Waals surface area contributed by atoms with E-state index < -0.39 is 17.8 Å². The fourth-order valence-corrected chi connectivity index (χ4v) is 1.25. The monoisotopic (exact) mass is 266 g/mol. The van der Waals surface area contributed by atoms with Gasteiger partial charge in [-0.15, -0.1) is 0 Å². The second-order valence-electron chi connectivity index (χ2n) is 3.52. The smallest absolute Gasteiger partial charge is 0.341 e. The highest BCUT2D eigenvalue weighted by Gasteiger charge is 2.13. The number of benzene rings is 1. The Hall–Kier alpha value is -2.57. The maximum Gasteiger partial charge on any atom is 0.341 e. The molecule has 0 bridgehead atoms. The van der Waals surface area contributed by atoms with Gasteiger partial charge < -0.3 is 20.5 Å². The normalized spacial score (nSPS) is 9.53. The number of nitrogens with two attached hydrogens (primary N) is 1. The van der Waals surface area contributed by atoms with E-state index >= 15 is 0 Å². The van der Waals surface area contributed by atoms with E-state index in [-0.39, 0.29) is 24.5 Å². The third kappa shape index (κ3) is 4.66. The number of nitrogens with one attached hydrogen (secondary N) is 1. The third-order valence-corrected chi connectivity index (χ3v) is 2.11. The van der Waals surface area contributed by atoms with E-state index in [4.69, 9.17) is 10.5 Å². The number of ether oxygens (including phenoxy) is 2. The van der Waals surface area contributed by atoms with Crippen molar-refractivity contribution in [2.75, 3.05) is 20.3 Å². The standard InChI is InChI=1S/C12H14N2O5/c1-18-12(17)8-4-2-3-5-9(8)19-7-11(16)14-6-10(13)15/h2-5H,6-7H2,1H3,(H2,13,15)(H,14,16). The molecule has 7 heteroatoms. The molecule has 19 heavy (non-hydrogen) atoms. The molecule has 1 aromatic rings. The molecule has 0 radical (unpaired) electrons. The van der Waals surface area contributed by atoms with Crippen molar-refractivity contribution < 1.29 is 23.9 Å². The highest BCUT2D eigenvalue weighted by atomic mass is 16.5. The summed E-state index contributed by atoms with van der Waals surface area (Å²) < 4.78 is 9.77. The van der Waals surface area contributed by atoms with E-state index in [1.165, 1.54) is 19.2 Å². The zero-order chi connectivity index (χ0) is 14.3. The Kier molecular flexibility index (Phi) is 5.34. The number of carbonyl (C=O) groups is 3. The van der Waals surface area contributed by atoms with Crippen LogP contribution in [0.15, 0.2) is 24.3 Å². The lowest BCUT2D eigenvalue weighted by Gasteiger charge is -2.09. The number of amides is 2. The number of hydrogen-bond donors (Lipinski definition) is 2. The predicted octanol–water partition coefficient (Wildman–Crippen LogP) is -0.546. The lowest BCUT2D eigenvalue weighted by atomic mass is 10.2. The van der Waals surface area contributed by atoms with E-state index in [9.17, 15) is 14.4 Å². The maximum atomic E-state index is 11.4. The number of primary amides is 1. The van der Waals surface area contributed by atoms with E-state index in [1.807, 2.05) is 0 Å². The van der Waals surface area contributed by atoms with E-state index in [2.05, 4.69) is 10.1 Å². The van der Waals surface area contributed by atoms with Crippen LogP contribution in [0.2, 0.25) is 0 Å². The molecule has 0 heterocycles. The number of rotatable bonds is 6. The second kappa shape index (κ2) is 7.00. The van der Waals surface area contributed by atoms with Gasteiger partial charge in [0, 0.05) is 0 Å². The van der Waals surface area contributed by atoms with Crippen molar-refractivity contribution in [3.05, 3.63) is 29.8 Å². The van der Waals surface area contributed by atoms with Gasteiger partial charge in [-0.05, 0) is 12.1 Å². The van der Waals surface area contributed by atoms with Crippen molar-refractivity contribution in [1.82, 2.24) is 5.32 Å². The summed E-state index contributed by atoms with van der Waals surface area (Å²) in [5, 5.41) is 2.26. The van der Waals surface area contributed by atoms with Gasteiger partial charge in [0.1, 0.15) is 11.3 Å². The first-order valence-corrected chi connectivity index (χ1v) is 5.39. The van der Waals surface area contributed by atoms with Gasteiger partial charge in [-0.1, -0.05) is 12.1 Å². The first kappa shape index (κ1) is 14.5. The minimum Gasteiger partial charge on any atom is -0.483 e. The molecule has 7 nitrogen and oxygen atoms in total. The Balaban J connectivity index is 2.60. The van der Waals surface area contributed by atoms with Crippen molar-refractivity contribution in [2.24, 2.45) is 5.73 Å². The van der Waals surface area contributed by atoms with Gasteiger partial charge in [-0.2, -0.15) is 0 Å². The summed E-state index contributed by atoms with van der Waals surface area (Å²) in [5.41, 5.74) is 5.09. The number of hydrogen-bond acceptors (Lipinski definition) is 5. The van der Waals surface area contributed by atoms with Gasteiger partial charge in [0.15, 0.2) is 6.61 Å². The molecule has 0 unspecified atom stereocenters. The van der Waals surface area contributed by atoms with Crippen LogP contribution in [0.3, 0.4) is 0 Å². The van der Waals surface area contributed by atoms with Gasteiger partial charge in [0.25, 0.3) is 5.91 Å². The Labute approximate surface area is 109 Å². The van der Waals surface area contributed by atoms with Gasteiger partial charge in [0.05, 0.1) is 13.7 Å². The summed E-state index contributed by atoms with van der Waals surface area (Å²) in [7, 11) is 1.25. The molecule has 0 aliphatic rings. The van der Waals surface area contributed by atoms with E-state index in [0.717, 1.165) is 0 Å². The fraction of sp³-hybridized carbons (Fsp3) is 0.250. The number of methoxy groups -OCH3 is 1. The minimum absolute atomic E-state index is 0.215. The zero-order valence-corrected chi connectivity index (χ0v) is 10.3. The number of carbonyl (C=O) groups excluding carboxylic acids is 3. The van der Waals surface area contributed by atoms with Crippen molar-refractivity contribution in [3.8, 4) is 5.75 Å². The summed E-state index contributed by atoms with van der Waals surface area (Å²) in [6, 6.07) is 6.35. The summed E-state index contributed by atoms with van der Waals surface area (Å²) in [6.07, 6.45) is 0. The summed E-state index contributed by atoms with van der Waals surface area (Å²) in [6.45, 7) is -0.595. The van der Waals surface area contributed by atoms with Crippen molar-refractivity contribution in [2.45, 2.75) is 0 Å². The maximum absolute atomic E-state index is 11.4. The van der Waals surface area contributed by atoms with E-state index in [0.29, 0.717) is 0 Å². The lowest BCUT2D eigenvalue weighted by Crippen LogP contribution is -2.36. The highest BCUT2D eigenvalue weighted by molar-refractivity contribution is 5.92. The molecular weight excluding hydrogens is 252 g/mol. The molecule has 1 rings (SSSR count). The van der Waals surface area contributed by atoms with Crippen LogP contribution in [-0.4, -0.2) is 38.0 Å². The van der Waals surface area contributed by atoms with Crippen LogP contribution in [0.4, 0.5) is 0 Å². The van der Waals surface area contributed by atoms with Crippen LogP contribution in [0.25, 0.3) is 0 Å². The van der Waals surface area contributed by atoms with Crippen molar-refractivity contribution in [3.63, 3.8) is 0 Å². The molecule has 2 amide bonds. The predicted molar refractivity (Wildman–Crippen MR) is 65.5 cm³/mol. The average Bonchev–Trinajstić information content (AvgIpc) is 2.42. The van der Waals surface area contributed by atoms with Gasteiger partial charge in [-0.3, -0.25) is 9.59 Å². The van der Waals surface area contributed by atoms with Crippen LogP contribution in [0.5, 0.6) is 5.75 Å².